The molecule has 0 saturated carbocycles. The Labute approximate surface area is 295 Å². The molecule has 0 atom stereocenters. The number of hydrogen-bond donors (Lipinski definition) is 1. The van der Waals surface area contributed by atoms with Crippen LogP contribution in [0.1, 0.15) is 29.9 Å². The van der Waals surface area contributed by atoms with Gasteiger partial charge >= 0.3 is 0 Å². The van der Waals surface area contributed by atoms with E-state index in [-0.39, 0.29) is 26.8 Å². The monoisotopic (exact) mass is 782 g/mol. The van der Waals surface area contributed by atoms with Crippen LogP contribution >= 0.6 is 24.1 Å². The fourth-order valence-electron chi connectivity index (χ4n) is 4.27. The average molecular weight is 783 g/mol. The molecule has 2 aromatic carbocycles. The van der Waals surface area contributed by atoms with Gasteiger partial charge < -0.3 is 20.2 Å². The summed E-state index contributed by atoms with van der Waals surface area (Å²) in [4.78, 5) is 36.5. The van der Waals surface area contributed by atoms with Crippen LogP contribution in [0, 0.1) is 0 Å². The number of rotatable bonds is 15. The highest BCUT2D eigenvalue weighted by Gasteiger charge is 2.34. The normalized spacial score (nSPS) is 14.7. The van der Waals surface area contributed by atoms with Gasteiger partial charge in [-0.15, -0.1) is 0 Å². The molecule has 0 aliphatic carbocycles. The SMILES string of the molecule is CC(=O)C1=NN(c2cc(SOO[O-])ccc2SOO[O-])C(=O)\C1=C/C=C/C=C/c1c(C(C)=O)nn(-c2cc(S(=O)(=O)[O-])ccc2S(=O)(=O)O)c1[O-]. The molecule has 51 heavy (non-hydrogen) atoms. The molecule has 0 bridgehead atoms. The number of amides is 1. The highest BCUT2D eigenvalue weighted by molar-refractivity contribution is 7.95. The number of Topliss-reactive ketones (excluding diaryl/α,β-unsaturated/α-hetero) is 2. The summed E-state index contributed by atoms with van der Waals surface area (Å²) in [6.07, 6.45) is 5.96. The molecule has 0 spiro atoms. The third-order valence-electron chi connectivity index (χ3n) is 6.36. The predicted molar refractivity (Wildman–Crippen MR) is 165 cm³/mol. The van der Waals surface area contributed by atoms with Gasteiger partial charge in [0.05, 0.1) is 50.8 Å². The van der Waals surface area contributed by atoms with Gasteiger partial charge in [0, 0.05) is 24.3 Å². The first kappa shape index (κ1) is 39.2. The molecule has 1 aromatic heterocycles. The van der Waals surface area contributed by atoms with E-state index in [1.165, 1.54) is 42.5 Å². The molecule has 1 N–H and O–H groups in total. The predicted octanol–water partition coefficient (Wildman–Crippen LogP) is 0.248. The molecule has 2 heterocycles. The number of carbonyl (C=O) groups excluding carboxylic acids is 3. The quantitative estimate of drug-likeness (QED) is 0.0411. The summed E-state index contributed by atoms with van der Waals surface area (Å²) in [6.45, 7) is 2.16. The average Bonchev–Trinajstić information content (AvgIpc) is 3.57. The van der Waals surface area contributed by atoms with Crippen molar-refractivity contribution in [2.45, 2.75) is 33.4 Å². The van der Waals surface area contributed by atoms with E-state index in [0.29, 0.717) is 47.0 Å². The number of aromatic nitrogens is 2. The molecule has 1 amide bonds. The van der Waals surface area contributed by atoms with Crippen molar-refractivity contribution in [3.8, 4) is 11.6 Å². The van der Waals surface area contributed by atoms with Crippen molar-refractivity contribution in [3.63, 3.8) is 0 Å². The van der Waals surface area contributed by atoms with Crippen molar-refractivity contribution in [2.24, 2.45) is 5.10 Å². The molecule has 24 heteroatoms. The van der Waals surface area contributed by atoms with Crippen molar-refractivity contribution >= 4 is 79.3 Å². The lowest BCUT2D eigenvalue weighted by molar-refractivity contribution is -0.777. The minimum absolute atomic E-state index is 0.0279. The number of hydrazone groups is 1. The first-order valence-corrected chi connectivity index (χ1v) is 17.6. The zero-order chi connectivity index (χ0) is 37.7. The zero-order valence-corrected chi connectivity index (χ0v) is 28.6. The third kappa shape index (κ3) is 9.03. The van der Waals surface area contributed by atoms with Gasteiger partial charge in [0.25, 0.3) is 16.0 Å². The highest BCUT2D eigenvalue weighted by Crippen LogP contribution is 2.37. The molecule has 0 radical (unpaired) electrons. The van der Waals surface area contributed by atoms with Crippen LogP contribution < -0.4 is 20.6 Å². The number of anilines is 1. The first-order valence-electron chi connectivity index (χ1n) is 13.3. The van der Waals surface area contributed by atoms with Crippen molar-refractivity contribution in [3.05, 3.63) is 77.5 Å². The van der Waals surface area contributed by atoms with Gasteiger partial charge in [0.2, 0.25) is 0 Å². The minimum Gasteiger partial charge on any atom is -0.858 e. The molecule has 4 rings (SSSR count). The fraction of sp³-hybridized carbons (Fsp3) is 0.0741. The van der Waals surface area contributed by atoms with E-state index in [4.69, 9.17) is 0 Å². The van der Waals surface area contributed by atoms with E-state index < -0.39 is 70.3 Å². The number of nitrogens with zero attached hydrogens (tertiary/aromatic N) is 4. The van der Waals surface area contributed by atoms with E-state index in [9.17, 15) is 55.9 Å². The molecule has 270 valence electrons. The zero-order valence-electron chi connectivity index (χ0n) is 25.3. The maximum absolute atomic E-state index is 13.4. The maximum atomic E-state index is 13.4. The van der Waals surface area contributed by atoms with Crippen LogP contribution in [0.2, 0.25) is 0 Å². The molecule has 3 aromatic rings. The summed E-state index contributed by atoms with van der Waals surface area (Å²) in [5.74, 6) is -3.39. The van der Waals surface area contributed by atoms with Gasteiger partial charge in [-0.05, 0) is 48.4 Å². The number of allylic oxidation sites excluding steroid dienone is 4. The Morgan fingerprint density at radius 2 is 1.61 bits per heavy atom. The highest BCUT2D eigenvalue weighted by atomic mass is 32.2. The van der Waals surface area contributed by atoms with Gasteiger partial charge in [-0.3, -0.25) is 29.0 Å². The summed E-state index contributed by atoms with van der Waals surface area (Å²) < 4.78 is 77.2. The van der Waals surface area contributed by atoms with Gasteiger partial charge in [-0.1, -0.05) is 24.3 Å². The van der Waals surface area contributed by atoms with Crippen LogP contribution in [0.3, 0.4) is 0 Å². The van der Waals surface area contributed by atoms with Crippen molar-refractivity contribution in [1.82, 2.24) is 9.78 Å². The summed E-state index contributed by atoms with van der Waals surface area (Å²) >= 11 is 0.873. The lowest BCUT2D eigenvalue weighted by Crippen LogP contribution is -2.22. The molecule has 0 unspecified atom stereocenters. The first-order chi connectivity index (χ1) is 24.0. The molecular formula is C27H18N4O16S4-4. The molecule has 0 saturated heterocycles. The second kappa shape index (κ2) is 16.2. The molecular weight excluding hydrogens is 765 g/mol. The molecule has 20 nitrogen and oxygen atoms in total. The Kier molecular flexibility index (Phi) is 12.4. The number of benzene rings is 2. The largest absolute Gasteiger partial charge is 0.858 e. The van der Waals surface area contributed by atoms with E-state index >= 15 is 0 Å². The molecule has 0 fully saturated rings. The smallest absolute Gasteiger partial charge is 0.296 e. The topological polar surface area (TPSA) is 302 Å². The Bertz CT molecular complexity index is 2250. The lowest BCUT2D eigenvalue weighted by atomic mass is 10.1. The fourth-order valence-corrected chi connectivity index (χ4v) is 6.25. The molecule has 1 aliphatic heterocycles. The molecule has 1 aliphatic rings. The van der Waals surface area contributed by atoms with Crippen LogP contribution in [0.5, 0.6) is 5.88 Å². The van der Waals surface area contributed by atoms with Gasteiger partial charge in [0.15, 0.2) is 11.6 Å². The maximum Gasteiger partial charge on any atom is 0.296 e. The van der Waals surface area contributed by atoms with Crippen LogP contribution in [-0.4, -0.2) is 58.9 Å². The number of hydrogen-bond acceptors (Lipinski definition) is 19. The van der Waals surface area contributed by atoms with Gasteiger partial charge in [-0.25, -0.2) is 13.1 Å². The van der Waals surface area contributed by atoms with Crippen LogP contribution in [0.25, 0.3) is 11.8 Å². The van der Waals surface area contributed by atoms with Crippen molar-refractivity contribution < 1.29 is 74.7 Å². The number of ketones is 2. The Morgan fingerprint density at radius 1 is 0.922 bits per heavy atom. The van der Waals surface area contributed by atoms with Crippen LogP contribution in [0.15, 0.2) is 91.0 Å². The van der Waals surface area contributed by atoms with E-state index in [1.54, 1.807) is 0 Å². The van der Waals surface area contributed by atoms with Gasteiger partial charge in [0.1, 0.15) is 26.4 Å². The lowest BCUT2D eigenvalue weighted by Gasteiger charge is -2.17. The summed E-state index contributed by atoms with van der Waals surface area (Å²) in [5, 5.41) is 49.3. The summed E-state index contributed by atoms with van der Waals surface area (Å²) in [5.41, 5.74) is -2.27. The van der Waals surface area contributed by atoms with Gasteiger partial charge in [-0.2, -0.15) is 32.3 Å². The minimum atomic E-state index is -5.17. The third-order valence-corrected chi connectivity index (χ3v) is 9.31. The second-order valence-electron chi connectivity index (χ2n) is 9.61. The Hall–Kier alpha value is -4.57. The van der Waals surface area contributed by atoms with E-state index in [1.807, 2.05) is 0 Å². The Balaban J connectivity index is 1.70. The summed E-state index contributed by atoms with van der Waals surface area (Å²) in [6, 6.07) is 5.72. The Morgan fingerprint density at radius 3 is 2.22 bits per heavy atom. The van der Waals surface area contributed by atoms with E-state index in [0.717, 1.165) is 24.9 Å². The van der Waals surface area contributed by atoms with Crippen molar-refractivity contribution in [2.75, 3.05) is 5.01 Å². The van der Waals surface area contributed by atoms with Crippen LogP contribution in [-0.2, 0) is 48.6 Å². The number of carbonyl (C=O) groups is 3. The van der Waals surface area contributed by atoms with Crippen molar-refractivity contribution in [1.29, 1.82) is 0 Å². The summed E-state index contributed by atoms with van der Waals surface area (Å²) in [7, 11) is -10.3. The standard InChI is InChI=1S/C27H22N4O16S4/c1-14(32)24-18(26(34)30(28-24)20-12-16(48-46-44-36)8-10-22(20)49-47-45-37)6-4-3-5-7-19-25(15(2)33)29-31(27(19)35)21-13-17(50(38,39)40)9-11-23(21)51(41,42)43/h3-13,35-37H,1-2H3,(H,38,39,40)(H,41,42,43)/p-4/b4-3+,7-5+,18-6-. The second-order valence-corrected chi connectivity index (χ2v) is 13.9. The van der Waals surface area contributed by atoms with E-state index in [2.05, 4.69) is 28.9 Å². The van der Waals surface area contributed by atoms with Crippen LogP contribution in [0.4, 0.5) is 5.69 Å².